The number of rotatable bonds is 5. The summed E-state index contributed by atoms with van der Waals surface area (Å²) in [4.78, 5) is 11.0. The third-order valence-corrected chi connectivity index (χ3v) is 6.09. The van der Waals surface area contributed by atoms with Crippen molar-refractivity contribution in [3.63, 3.8) is 0 Å². The molecule has 1 unspecified atom stereocenters. The lowest BCUT2D eigenvalue weighted by Crippen LogP contribution is -2.50. The summed E-state index contributed by atoms with van der Waals surface area (Å²) < 4.78 is 26.1. The highest BCUT2D eigenvalue weighted by molar-refractivity contribution is 7.92. The van der Waals surface area contributed by atoms with Gasteiger partial charge in [-0.05, 0) is 19.3 Å². The number of carbonyl (C=O) groups is 1. The SMILES string of the molecule is CCC(C(N)=S)S(=O)(=O)N1CCC(NC(C)=O)CC1. The first kappa shape index (κ1) is 16.3. The largest absolute Gasteiger partial charge is 0.392 e. The molecule has 6 nitrogen and oxygen atoms in total. The van der Waals surface area contributed by atoms with Crippen LogP contribution in [-0.2, 0) is 14.8 Å². The Morgan fingerprint density at radius 2 is 2.00 bits per heavy atom. The van der Waals surface area contributed by atoms with E-state index in [2.05, 4.69) is 5.32 Å². The second-order valence-electron chi connectivity index (χ2n) is 4.72. The van der Waals surface area contributed by atoms with Crippen LogP contribution in [0.15, 0.2) is 0 Å². The molecule has 1 saturated heterocycles. The van der Waals surface area contributed by atoms with Gasteiger partial charge >= 0.3 is 0 Å². The van der Waals surface area contributed by atoms with E-state index in [1.54, 1.807) is 6.92 Å². The summed E-state index contributed by atoms with van der Waals surface area (Å²) in [6.45, 7) is 4.01. The highest BCUT2D eigenvalue weighted by Gasteiger charge is 2.35. The highest BCUT2D eigenvalue weighted by Crippen LogP contribution is 2.19. The van der Waals surface area contributed by atoms with Crippen LogP contribution in [0.3, 0.4) is 0 Å². The molecule has 110 valence electrons. The lowest BCUT2D eigenvalue weighted by Gasteiger charge is -2.33. The van der Waals surface area contributed by atoms with E-state index in [4.69, 9.17) is 18.0 Å². The van der Waals surface area contributed by atoms with Crippen molar-refractivity contribution >= 4 is 33.1 Å². The van der Waals surface area contributed by atoms with Crippen LogP contribution in [-0.4, -0.2) is 48.0 Å². The van der Waals surface area contributed by atoms with Gasteiger partial charge in [0, 0.05) is 26.1 Å². The minimum atomic E-state index is -3.47. The molecule has 1 fully saturated rings. The summed E-state index contributed by atoms with van der Waals surface area (Å²) in [5.41, 5.74) is 5.50. The zero-order chi connectivity index (χ0) is 14.6. The number of piperidine rings is 1. The van der Waals surface area contributed by atoms with Gasteiger partial charge in [-0.1, -0.05) is 19.1 Å². The monoisotopic (exact) mass is 307 g/mol. The van der Waals surface area contributed by atoms with Crippen LogP contribution < -0.4 is 11.1 Å². The molecule has 0 saturated carbocycles. The fourth-order valence-corrected chi connectivity index (χ4v) is 4.61. The van der Waals surface area contributed by atoms with Crippen LogP contribution in [0, 0.1) is 0 Å². The topological polar surface area (TPSA) is 92.5 Å². The molecule has 1 aliphatic rings. The molecule has 0 aromatic carbocycles. The van der Waals surface area contributed by atoms with Gasteiger partial charge in [0.2, 0.25) is 15.9 Å². The van der Waals surface area contributed by atoms with E-state index < -0.39 is 15.3 Å². The van der Waals surface area contributed by atoms with Crippen molar-refractivity contribution in [1.29, 1.82) is 0 Å². The summed E-state index contributed by atoms with van der Waals surface area (Å²) >= 11 is 4.83. The fraction of sp³-hybridized carbons (Fsp3) is 0.818. The molecule has 1 aliphatic heterocycles. The molecule has 1 atom stereocenters. The molecule has 1 amide bonds. The zero-order valence-electron chi connectivity index (χ0n) is 11.3. The number of nitrogens with two attached hydrogens (primary N) is 1. The molecule has 8 heteroatoms. The van der Waals surface area contributed by atoms with E-state index in [1.807, 2.05) is 0 Å². The third-order valence-electron chi connectivity index (χ3n) is 3.27. The molecule has 0 aromatic rings. The van der Waals surface area contributed by atoms with Gasteiger partial charge in [-0.3, -0.25) is 4.79 Å². The Kier molecular flexibility index (Phi) is 5.69. The first-order chi connectivity index (χ1) is 8.78. The Labute approximate surface area is 119 Å². The van der Waals surface area contributed by atoms with Gasteiger partial charge in [0.15, 0.2) is 0 Å². The number of hydrogen-bond acceptors (Lipinski definition) is 4. The van der Waals surface area contributed by atoms with E-state index in [1.165, 1.54) is 11.2 Å². The van der Waals surface area contributed by atoms with E-state index in [0.717, 1.165) is 0 Å². The molecule has 3 N–H and O–H groups in total. The van der Waals surface area contributed by atoms with Crippen LogP contribution >= 0.6 is 12.2 Å². The van der Waals surface area contributed by atoms with Crippen molar-refractivity contribution in [2.24, 2.45) is 5.73 Å². The van der Waals surface area contributed by atoms with Gasteiger partial charge in [-0.15, -0.1) is 0 Å². The summed E-state index contributed by atoms with van der Waals surface area (Å²) in [5.74, 6) is -0.0872. The third kappa shape index (κ3) is 4.12. The van der Waals surface area contributed by atoms with Crippen molar-refractivity contribution < 1.29 is 13.2 Å². The van der Waals surface area contributed by atoms with Crippen molar-refractivity contribution in [2.75, 3.05) is 13.1 Å². The van der Waals surface area contributed by atoms with Gasteiger partial charge in [0.1, 0.15) is 5.25 Å². The van der Waals surface area contributed by atoms with Gasteiger partial charge in [-0.25, -0.2) is 12.7 Å². The molecule has 0 aliphatic carbocycles. The van der Waals surface area contributed by atoms with Crippen LogP contribution in [0.2, 0.25) is 0 Å². The summed E-state index contributed by atoms with van der Waals surface area (Å²) in [6, 6.07) is 0.0499. The molecule has 1 heterocycles. The smallest absolute Gasteiger partial charge is 0.223 e. The zero-order valence-corrected chi connectivity index (χ0v) is 12.9. The maximum absolute atomic E-state index is 12.4. The number of amides is 1. The van der Waals surface area contributed by atoms with Gasteiger partial charge in [-0.2, -0.15) is 0 Å². The lowest BCUT2D eigenvalue weighted by molar-refractivity contribution is -0.119. The predicted octanol–water partition coefficient (Wildman–Crippen LogP) is -0.0186. The fourth-order valence-electron chi connectivity index (χ4n) is 2.28. The molecule has 0 radical (unpaired) electrons. The van der Waals surface area contributed by atoms with Gasteiger partial charge < -0.3 is 11.1 Å². The molecular weight excluding hydrogens is 286 g/mol. The van der Waals surface area contributed by atoms with Crippen molar-refractivity contribution in [3.8, 4) is 0 Å². The number of nitrogens with one attached hydrogen (secondary N) is 1. The van der Waals surface area contributed by atoms with Crippen molar-refractivity contribution in [3.05, 3.63) is 0 Å². The molecular formula is C11H21N3O3S2. The van der Waals surface area contributed by atoms with E-state index in [-0.39, 0.29) is 16.9 Å². The second kappa shape index (κ2) is 6.62. The number of hydrogen-bond donors (Lipinski definition) is 2. The Hall–Kier alpha value is -0.730. The number of thiocarbonyl (C=S) groups is 1. The van der Waals surface area contributed by atoms with Crippen LogP contribution in [0.1, 0.15) is 33.1 Å². The van der Waals surface area contributed by atoms with E-state index in [9.17, 15) is 13.2 Å². The number of carbonyl (C=O) groups excluding carboxylic acids is 1. The van der Waals surface area contributed by atoms with Crippen molar-refractivity contribution in [2.45, 2.75) is 44.4 Å². The molecule has 19 heavy (non-hydrogen) atoms. The highest BCUT2D eigenvalue weighted by atomic mass is 32.2. The summed E-state index contributed by atoms with van der Waals surface area (Å²) in [7, 11) is -3.47. The molecule has 1 rings (SSSR count). The minimum absolute atomic E-state index is 0.0199. The first-order valence-electron chi connectivity index (χ1n) is 6.34. The average Bonchev–Trinajstić information content (AvgIpc) is 2.28. The minimum Gasteiger partial charge on any atom is -0.392 e. The maximum atomic E-state index is 12.4. The molecule has 0 spiro atoms. The number of sulfonamides is 1. The average molecular weight is 307 g/mol. The van der Waals surface area contributed by atoms with Gasteiger partial charge in [0.25, 0.3) is 0 Å². The Morgan fingerprint density at radius 1 is 1.47 bits per heavy atom. The van der Waals surface area contributed by atoms with E-state index in [0.29, 0.717) is 32.4 Å². The van der Waals surface area contributed by atoms with Crippen LogP contribution in [0.25, 0.3) is 0 Å². The number of nitrogens with zero attached hydrogens (tertiary/aromatic N) is 1. The van der Waals surface area contributed by atoms with Crippen molar-refractivity contribution in [1.82, 2.24) is 9.62 Å². The Morgan fingerprint density at radius 3 is 2.37 bits per heavy atom. The summed E-state index contributed by atoms with van der Waals surface area (Å²) in [5, 5.41) is 2.02. The Bertz CT molecular complexity index is 442. The molecule has 0 bridgehead atoms. The van der Waals surface area contributed by atoms with Gasteiger partial charge in [0.05, 0.1) is 4.99 Å². The lowest BCUT2D eigenvalue weighted by atomic mass is 10.1. The maximum Gasteiger partial charge on any atom is 0.223 e. The Balaban J connectivity index is 2.68. The standard InChI is InChI=1S/C11H21N3O3S2/c1-3-10(11(12)18)19(16,17)14-6-4-9(5-7-14)13-8(2)15/h9-10H,3-7H2,1-2H3,(H2,12,18)(H,13,15). The normalized spacial score (nSPS) is 19.9. The van der Waals surface area contributed by atoms with E-state index >= 15 is 0 Å². The quantitative estimate of drug-likeness (QED) is 0.697. The predicted molar refractivity (Wildman–Crippen MR) is 78.2 cm³/mol. The van der Waals surface area contributed by atoms with Crippen LogP contribution in [0.5, 0.6) is 0 Å². The summed E-state index contributed by atoms with van der Waals surface area (Å²) in [6.07, 6.45) is 1.61. The molecule has 0 aromatic heterocycles. The first-order valence-corrected chi connectivity index (χ1v) is 8.25. The van der Waals surface area contributed by atoms with Crippen LogP contribution in [0.4, 0.5) is 0 Å². The second-order valence-corrected chi connectivity index (χ2v) is 7.30.